The first-order valence-corrected chi connectivity index (χ1v) is 12.8. The van der Waals surface area contributed by atoms with Crippen LogP contribution in [0, 0.1) is 0 Å². The molecule has 39 heavy (non-hydrogen) atoms. The quantitative estimate of drug-likeness (QED) is 0.245. The standard InChI is InChI=1S/C28H27Cl2N5O4/c1-4-34(28(37)31-23-13-11-20(38-2)15-25(23)39-3)17-27(36)32-26-16-24(18-8-6-5-7-9-18)33-35(26)19-10-12-21(29)22(30)14-19/h5-16H,4,17H2,1-3H3,(H,31,37)(H,32,36). The summed E-state index contributed by atoms with van der Waals surface area (Å²) in [4.78, 5) is 27.5. The van der Waals surface area contributed by atoms with Gasteiger partial charge >= 0.3 is 6.03 Å². The Morgan fingerprint density at radius 2 is 1.69 bits per heavy atom. The maximum absolute atomic E-state index is 13.1. The molecule has 3 aromatic carbocycles. The third-order valence-corrected chi connectivity index (χ3v) is 6.59. The van der Waals surface area contributed by atoms with Crippen LogP contribution in [0.3, 0.4) is 0 Å². The van der Waals surface area contributed by atoms with Crippen molar-refractivity contribution in [2.45, 2.75) is 6.92 Å². The number of urea groups is 1. The SMILES string of the molecule is CCN(CC(=O)Nc1cc(-c2ccccc2)nn1-c1ccc(Cl)c(Cl)c1)C(=O)Nc1ccc(OC)cc1OC. The van der Waals surface area contributed by atoms with Crippen molar-refractivity contribution in [1.82, 2.24) is 14.7 Å². The number of aromatic nitrogens is 2. The van der Waals surface area contributed by atoms with Crippen molar-refractivity contribution in [3.63, 3.8) is 0 Å². The molecule has 0 atom stereocenters. The zero-order valence-corrected chi connectivity index (χ0v) is 23.1. The second-order valence-electron chi connectivity index (χ2n) is 8.35. The van der Waals surface area contributed by atoms with E-state index in [1.807, 2.05) is 30.3 Å². The van der Waals surface area contributed by atoms with Crippen LogP contribution in [-0.2, 0) is 4.79 Å². The van der Waals surface area contributed by atoms with Crippen molar-refractivity contribution in [3.05, 3.63) is 82.8 Å². The number of nitrogens with zero attached hydrogens (tertiary/aromatic N) is 3. The van der Waals surface area contributed by atoms with E-state index in [0.717, 1.165) is 5.56 Å². The third kappa shape index (κ3) is 6.63. The van der Waals surface area contributed by atoms with Gasteiger partial charge in [0.2, 0.25) is 5.91 Å². The Morgan fingerprint density at radius 3 is 2.36 bits per heavy atom. The van der Waals surface area contributed by atoms with E-state index in [1.165, 1.54) is 12.0 Å². The molecule has 4 aromatic rings. The Balaban J connectivity index is 1.55. The van der Waals surface area contributed by atoms with Crippen molar-refractivity contribution in [2.75, 3.05) is 37.9 Å². The van der Waals surface area contributed by atoms with Gasteiger partial charge in [0.15, 0.2) is 0 Å². The molecule has 0 aliphatic rings. The molecule has 4 rings (SSSR count). The lowest BCUT2D eigenvalue weighted by Crippen LogP contribution is -2.40. The van der Waals surface area contributed by atoms with Gasteiger partial charge in [-0.15, -0.1) is 0 Å². The predicted octanol–water partition coefficient (Wildman–Crippen LogP) is 6.36. The van der Waals surface area contributed by atoms with Crippen LogP contribution in [0.15, 0.2) is 72.8 Å². The Morgan fingerprint density at radius 1 is 0.923 bits per heavy atom. The first-order chi connectivity index (χ1) is 18.8. The summed E-state index contributed by atoms with van der Waals surface area (Å²) in [6.07, 6.45) is 0. The topological polar surface area (TPSA) is 97.7 Å². The van der Waals surface area contributed by atoms with Crippen LogP contribution in [0.2, 0.25) is 10.0 Å². The molecule has 0 bridgehead atoms. The molecule has 2 N–H and O–H groups in total. The molecule has 1 aromatic heterocycles. The summed E-state index contributed by atoms with van der Waals surface area (Å²) in [7, 11) is 3.04. The summed E-state index contributed by atoms with van der Waals surface area (Å²) in [6.45, 7) is 1.87. The number of amides is 3. The molecule has 1 heterocycles. The number of benzene rings is 3. The van der Waals surface area contributed by atoms with Crippen LogP contribution in [0.4, 0.5) is 16.3 Å². The fourth-order valence-electron chi connectivity index (χ4n) is 3.81. The van der Waals surface area contributed by atoms with E-state index in [1.54, 1.807) is 61.2 Å². The van der Waals surface area contributed by atoms with E-state index in [9.17, 15) is 9.59 Å². The second-order valence-corrected chi connectivity index (χ2v) is 9.16. The normalized spacial score (nSPS) is 10.6. The van der Waals surface area contributed by atoms with Crippen molar-refractivity contribution in [1.29, 1.82) is 0 Å². The van der Waals surface area contributed by atoms with E-state index in [4.69, 9.17) is 32.7 Å². The highest BCUT2D eigenvalue weighted by Crippen LogP contribution is 2.30. The minimum Gasteiger partial charge on any atom is -0.497 e. The Labute approximate surface area is 236 Å². The first kappa shape index (κ1) is 27.8. The number of hydrogen-bond donors (Lipinski definition) is 2. The summed E-state index contributed by atoms with van der Waals surface area (Å²) >= 11 is 12.3. The van der Waals surface area contributed by atoms with Crippen LogP contribution in [0.1, 0.15) is 6.92 Å². The number of carbonyl (C=O) groups excluding carboxylic acids is 2. The number of ether oxygens (including phenoxy) is 2. The number of anilines is 2. The second kappa shape index (κ2) is 12.6. The molecule has 0 aliphatic carbocycles. The number of halogens is 2. The van der Waals surface area contributed by atoms with Gasteiger partial charge in [-0.05, 0) is 37.3 Å². The highest BCUT2D eigenvalue weighted by atomic mass is 35.5. The van der Waals surface area contributed by atoms with Gasteiger partial charge in [0.25, 0.3) is 0 Å². The molecule has 0 fully saturated rings. The lowest BCUT2D eigenvalue weighted by atomic mass is 10.1. The van der Waals surface area contributed by atoms with Crippen LogP contribution >= 0.6 is 23.2 Å². The van der Waals surface area contributed by atoms with E-state index in [0.29, 0.717) is 51.0 Å². The number of methoxy groups -OCH3 is 2. The average Bonchev–Trinajstić information content (AvgIpc) is 3.37. The maximum atomic E-state index is 13.1. The third-order valence-electron chi connectivity index (χ3n) is 5.85. The van der Waals surface area contributed by atoms with Gasteiger partial charge in [0.1, 0.15) is 23.9 Å². The largest absolute Gasteiger partial charge is 0.497 e. The Hall–Kier alpha value is -4.21. The monoisotopic (exact) mass is 567 g/mol. The number of rotatable bonds is 9. The van der Waals surface area contributed by atoms with E-state index < -0.39 is 11.9 Å². The van der Waals surface area contributed by atoms with E-state index in [-0.39, 0.29) is 6.54 Å². The highest BCUT2D eigenvalue weighted by Gasteiger charge is 2.20. The molecular formula is C28H27Cl2N5O4. The van der Waals surface area contributed by atoms with Crippen molar-refractivity contribution in [3.8, 4) is 28.4 Å². The van der Waals surface area contributed by atoms with Gasteiger partial charge in [-0.1, -0.05) is 53.5 Å². The number of hydrogen-bond acceptors (Lipinski definition) is 5. The molecule has 9 nitrogen and oxygen atoms in total. The van der Waals surface area contributed by atoms with Crippen LogP contribution in [-0.4, -0.2) is 53.9 Å². The van der Waals surface area contributed by atoms with E-state index >= 15 is 0 Å². The van der Waals surface area contributed by atoms with Gasteiger partial charge in [-0.3, -0.25) is 4.79 Å². The van der Waals surface area contributed by atoms with Crippen molar-refractivity contribution < 1.29 is 19.1 Å². The minimum atomic E-state index is -0.459. The fourth-order valence-corrected chi connectivity index (χ4v) is 4.11. The van der Waals surface area contributed by atoms with E-state index in [2.05, 4.69) is 15.7 Å². The molecule has 11 heteroatoms. The number of nitrogens with one attached hydrogen (secondary N) is 2. The van der Waals surface area contributed by atoms with Gasteiger partial charge in [0, 0.05) is 24.2 Å². The van der Waals surface area contributed by atoms with Crippen LogP contribution in [0.25, 0.3) is 16.9 Å². The molecule has 0 aliphatic heterocycles. The summed E-state index contributed by atoms with van der Waals surface area (Å²) in [6, 6.07) is 21.0. The summed E-state index contributed by atoms with van der Waals surface area (Å²) < 4.78 is 12.1. The van der Waals surface area contributed by atoms with Gasteiger partial charge < -0.3 is 25.0 Å². The molecule has 0 unspecified atom stereocenters. The van der Waals surface area contributed by atoms with Gasteiger partial charge in [-0.25, -0.2) is 9.48 Å². The Kier molecular flexibility index (Phi) is 8.96. The molecule has 0 radical (unpaired) electrons. The van der Waals surface area contributed by atoms with Gasteiger partial charge in [-0.2, -0.15) is 5.10 Å². The molecule has 0 spiro atoms. The van der Waals surface area contributed by atoms with Crippen LogP contribution in [0.5, 0.6) is 11.5 Å². The zero-order chi connectivity index (χ0) is 27.9. The number of likely N-dealkylation sites (N-methyl/N-ethyl adjacent to an activating group) is 1. The zero-order valence-electron chi connectivity index (χ0n) is 21.6. The Bertz CT molecular complexity index is 1480. The molecule has 3 amide bonds. The lowest BCUT2D eigenvalue weighted by Gasteiger charge is -2.22. The molecule has 0 saturated heterocycles. The van der Waals surface area contributed by atoms with Crippen LogP contribution < -0.4 is 20.1 Å². The predicted molar refractivity (Wildman–Crippen MR) is 153 cm³/mol. The summed E-state index contributed by atoms with van der Waals surface area (Å²) in [5, 5.41) is 11.1. The first-order valence-electron chi connectivity index (χ1n) is 12.0. The van der Waals surface area contributed by atoms with Crippen molar-refractivity contribution >= 4 is 46.6 Å². The number of carbonyl (C=O) groups is 2. The molecule has 0 saturated carbocycles. The highest BCUT2D eigenvalue weighted by molar-refractivity contribution is 6.42. The van der Waals surface area contributed by atoms with Gasteiger partial charge in [0.05, 0.1) is 41.3 Å². The average molecular weight is 568 g/mol. The molecular weight excluding hydrogens is 541 g/mol. The lowest BCUT2D eigenvalue weighted by molar-refractivity contribution is -0.116. The minimum absolute atomic E-state index is 0.200. The smallest absolute Gasteiger partial charge is 0.322 e. The molecule has 202 valence electrons. The summed E-state index contributed by atoms with van der Waals surface area (Å²) in [5.74, 6) is 1.02. The maximum Gasteiger partial charge on any atom is 0.322 e. The van der Waals surface area contributed by atoms with Crippen molar-refractivity contribution in [2.24, 2.45) is 0 Å². The summed E-state index contributed by atoms with van der Waals surface area (Å²) in [5.41, 5.74) is 2.58. The fraction of sp³-hybridized carbons (Fsp3) is 0.179.